The van der Waals surface area contributed by atoms with Crippen LogP contribution in [0, 0.1) is 5.92 Å². The van der Waals surface area contributed by atoms with Crippen LogP contribution in [-0.4, -0.2) is 62.2 Å². The lowest BCUT2D eigenvalue weighted by Crippen LogP contribution is -2.44. The molecule has 2 atom stereocenters. The Morgan fingerprint density at radius 2 is 2.00 bits per heavy atom. The molecule has 0 aromatic heterocycles. The maximum absolute atomic E-state index is 3.68. The summed E-state index contributed by atoms with van der Waals surface area (Å²) in [6.07, 6.45) is 2.56. The molecule has 0 spiro atoms. The first-order valence-electron chi connectivity index (χ1n) is 7.13. The molecule has 0 amide bonds. The standard InChI is InChI=1S/C14H31N3/c1-12(2)14-11-17(9-6-8-15-14)13(3)7-10-16(4)5/h12-15H,6-11H2,1-5H3. The Hall–Kier alpha value is -0.120. The Morgan fingerprint density at radius 3 is 2.59 bits per heavy atom. The number of nitrogens with zero attached hydrogens (tertiary/aromatic N) is 2. The van der Waals surface area contributed by atoms with Gasteiger partial charge >= 0.3 is 0 Å². The maximum atomic E-state index is 3.68. The van der Waals surface area contributed by atoms with Crippen molar-refractivity contribution in [3.63, 3.8) is 0 Å². The van der Waals surface area contributed by atoms with Crippen molar-refractivity contribution >= 4 is 0 Å². The molecule has 1 fully saturated rings. The molecule has 0 bridgehead atoms. The fraction of sp³-hybridized carbons (Fsp3) is 1.00. The number of hydrogen-bond donors (Lipinski definition) is 1. The van der Waals surface area contributed by atoms with Crippen LogP contribution in [-0.2, 0) is 0 Å². The van der Waals surface area contributed by atoms with Gasteiger partial charge in [-0.05, 0) is 59.4 Å². The van der Waals surface area contributed by atoms with Crippen LogP contribution >= 0.6 is 0 Å². The van der Waals surface area contributed by atoms with Gasteiger partial charge in [-0.2, -0.15) is 0 Å². The summed E-state index contributed by atoms with van der Waals surface area (Å²) in [7, 11) is 4.32. The summed E-state index contributed by atoms with van der Waals surface area (Å²) in [5.41, 5.74) is 0. The third kappa shape index (κ3) is 5.36. The smallest absolute Gasteiger partial charge is 0.0218 e. The summed E-state index contributed by atoms with van der Waals surface area (Å²) in [6, 6.07) is 1.37. The van der Waals surface area contributed by atoms with Gasteiger partial charge in [-0.25, -0.2) is 0 Å². The zero-order valence-corrected chi connectivity index (χ0v) is 12.4. The highest BCUT2D eigenvalue weighted by molar-refractivity contribution is 4.81. The number of rotatable bonds is 5. The second-order valence-corrected chi connectivity index (χ2v) is 6.09. The Bertz CT molecular complexity index is 204. The van der Waals surface area contributed by atoms with Gasteiger partial charge < -0.3 is 10.2 Å². The summed E-state index contributed by atoms with van der Waals surface area (Å²) in [6.45, 7) is 11.9. The molecule has 3 nitrogen and oxygen atoms in total. The van der Waals surface area contributed by atoms with E-state index >= 15 is 0 Å². The van der Waals surface area contributed by atoms with E-state index in [0.29, 0.717) is 12.1 Å². The zero-order valence-electron chi connectivity index (χ0n) is 12.4. The molecule has 3 heteroatoms. The molecule has 0 aliphatic carbocycles. The van der Waals surface area contributed by atoms with Gasteiger partial charge in [-0.3, -0.25) is 4.90 Å². The van der Waals surface area contributed by atoms with Crippen LogP contribution in [0.25, 0.3) is 0 Å². The highest BCUT2D eigenvalue weighted by Gasteiger charge is 2.23. The fourth-order valence-electron chi connectivity index (χ4n) is 2.45. The monoisotopic (exact) mass is 241 g/mol. The molecule has 1 heterocycles. The molecule has 1 saturated heterocycles. The van der Waals surface area contributed by atoms with Crippen LogP contribution in [0.1, 0.15) is 33.6 Å². The summed E-state index contributed by atoms with van der Waals surface area (Å²) in [4.78, 5) is 4.96. The Labute approximate surface area is 108 Å². The second-order valence-electron chi connectivity index (χ2n) is 6.09. The predicted molar refractivity (Wildman–Crippen MR) is 75.5 cm³/mol. The van der Waals surface area contributed by atoms with E-state index in [-0.39, 0.29) is 0 Å². The first kappa shape index (κ1) is 14.9. The molecule has 1 aliphatic rings. The van der Waals surface area contributed by atoms with Crippen molar-refractivity contribution in [2.45, 2.75) is 45.7 Å². The van der Waals surface area contributed by atoms with Crippen molar-refractivity contribution in [1.82, 2.24) is 15.1 Å². The van der Waals surface area contributed by atoms with Crippen LogP contribution in [0.3, 0.4) is 0 Å². The molecule has 0 aromatic carbocycles. The largest absolute Gasteiger partial charge is 0.312 e. The first-order valence-corrected chi connectivity index (χ1v) is 7.13. The molecule has 1 rings (SSSR count). The minimum atomic E-state index is 0.666. The summed E-state index contributed by atoms with van der Waals surface area (Å²) < 4.78 is 0. The van der Waals surface area contributed by atoms with Gasteiger partial charge in [0.15, 0.2) is 0 Å². The van der Waals surface area contributed by atoms with Crippen molar-refractivity contribution in [2.24, 2.45) is 5.92 Å². The lowest BCUT2D eigenvalue weighted by atomic mass is 10.0. The van der Waals surface area contributed by atoms with E-state index < -0.39 is 0 Å². The van der Waals surface area contributed by atoms with Gasteiger partial charge in [0.05, 0.1) is 0 Å². The maximum Gasteiger partial charge on any atom is 0.0218 e. The molecule has 102 valence electrons. The molecule has 2 unspecified atom stereocenters. The van der Waals surface area contributed by atoms with E-state index in [2.05, 4.69) is 50.0 Å². The van der Waals surface area contributed by atoms with Crippen LogP contribution in [0.2, 0.25) is 0 Å². The fourth-order valence-corrected chi connectivity index (χ4v) is 2.45. The second kappa shape index (κ2) is 7.34. The van der Waals surface area contributed by atoms with Gasteiger partial charge in [-0.15, -0.1) is 0 Å². The summed E-state index contributed by atoms with van der Waals surface area (Å²) in [5, 5.41) is 3.68. The highest BCUT2D eigenvalue weighted by atomic mass is 15.2. The minimum absolute atomic E-state index is 0.666. The topological polar surface area (TPSA) is 18.5 Å². The highest BCUT2D eigenvalue weighted by Crippen LogP contribution is 2.13. The molecular formula is C14H31N3. The number of hydrogen-bond acceptors (Lipinski definition) is 3. The minimum Gasteiger partial charge on any atom is -0.312 e. The van der Waals surface area contributed by atoms with E-state index in [1.807, 2.05) is 0 Å². The van der Waals surface area contributed by atoms with E-state index in [1.54, 1.807) is 0 Å². The van der Waals surface area contributed by atoms with Crippen molar-refractivity contribution in [3.05, 3.63) is 0 Å². The van der Waals surface area contributed by atoms with Gasteiger partial charge in [-0.1, -0.05) is 13.8 Å². The summed E-state index contributed by atoms with van der Waals surface area (Å²) >= 11 is 0. The predicted octanol–water partition coefficient (Wildman–Crippen LogP) is 1.65. The average Bonchev–Trinajstić information content (AvgIpc) is 2.51. The van der Waals surface area contributed by atoms with Gasteiger partial charge in [0.1, 0.15) is 0 Å². The number of nitrogens with one attached hydrogen (secondary N) is 1. The van der Waals surface area contributed by atoms with Gasteiger partial charge in [0.2, 0.25) is 0 Å². The van der Waals surface area contributed by atoms with Crippen LogP contribution in [0.4, 0.5) is 0 Å². The molecule has 0 saturated carbocycles. The van der Waals surface area contributed by atoms with Crippen molar-refractivity contribution in [1.29, 1.82) is 0 Å². The Kier molecular flexibility index (Phi) is 6.45. The van der Waals surface area contributed by atoms with E-state index in [4.69, 9.17) is 0 Å². The third-order valence-electron chi connectivity index (χ3n) is 3.88. The van der Waals surface area contributed by atoms with Crippen LogP contribution in [0.5, 0.6) is 0 Å². The molecule has 1 N–H and O–H groups in total. The Morgan fingerprint density at radius 1 is 1.29 bits per heavy atom. The van der Waals surface area contributed by atoms with E-state index in [0.717, 1.165) is 5.92 Å². The average molecular weight is 241 g/mol. The van der Waals surface area contributed by atoms with E-state index in [9.17, 15) is 0 Å². The van der Waals surface area contributed by atoms with Crippen LogP contribution in [0.15, 0.2) is 0 Å². The molecular weight excluding hydrogens is 210 g/mol. The van der Waals surface area contributed by atoms with Crippen molar-refractivity contribution in [3.8, 4) is 0 Å². The van der Waals surface area contributed by atoms with Crippen LogP contribution < -0.4 is 5.32 Å². The quantitative estimate of drug-likeness (QED) is 0.789. The normalized spacial score (nSPS) is 25.2. The van der Waals surface area contributed by atoms with Crippen molar-refractivity contribution in [2.75, 3.05) is 40.3 Å². The molecule has 0 aromatic rings. The van der Waals surface area contributed by atoms with Gasteiger partial charge in [0.25, 0.3) is 0 Å². The van der Waals surface area contributed by atoms with Crippen molar-refractivity contribution < 1.29 is 0 Å². The molecule has 0 radical (unpaired) electrons. The Balaban J connectivity index is 2.44. The molecule has 1 aliphatic heterocycles. The van der Waals surface area contributed by atoms with Gasteiger partial charge in [0, 0.05) is 18.6 Å². The lowest BCUT2D eigenvalue weighted by Gasteiger charge is -2.32. The summed E-state index contributed by atoms with van der Waals surface area (Å²) in [5.74, 6) is 0.733. The van der Waals surface area contributed by atoms with E-state index in [1.165, 1.54) is 39.0 Å². The lowest BCUT2D eigenvalue weighted by molar-refractivity contribution is 0.174. The SMILES string of the molecule is CC(C)C1CN(C(C)CCN(C)C)CCCN1. The molecule has 17 heavy (non-hydrogen) atoms. The third-order valence-corrected chi connectivity index (χ3v) is 3.88. The zero-order chi connectivity index (χ0) is 12.8. The first-order chi connectivity index (χ1) is 8.00.